The molecule has 4 nitrogen and oxygen atoms in total. The van der Waals surface area contributed by atoms with Crippen LogP contribution in [0, 0.1) is 5.53 Å². The molecule has 22 heavy (non-hydrogen) atoms. The first kappa shape index (κ1) is 15.3. The molecule has 0 bridgehead atoms. The van der Waals surface area contributed by atoms with Crippen LogP contribution in [0.5, 0.6) is 0 Å². The van der Waals surface area contributed by atoms with Crippen LogP contribution in [0.25, 0.3) is 5.57 Å². The summed E-state index contributed by atoms with van der Waals surface area (Å²) in [6.07, 6.45) is 5.25. The van der Waals surface area contributed by atoms with Crippen molar-refractivity contribution >= 4 is 5.57 Å². The molecule has 0 saturated carbocycles. The highest BCUT2D eigenvalue weighted by Gasteiger charge is 2.10. The number of rotatable bonds is 6. The van der Waals surface area contributed by atoms with Gasteiger partial charge in [-0.25, -0.2) is 0 Å². The van der Waals surface area contributed by atoms with Gasteiger partial charge in [0.05, 0.1) is 5.70 Å². The molecule has 0 spiro atoms. The molecule has 2 aromatic rings. The minimum Gasteiger partial charge on any atom is -0.183 e. The number of allylic oxidation sites excluding steroid dienone is 3. The second kappa shape index (κ2) is 8.21. The molecule has 0 saturated heterocycles. The molecule has 2 rings (SSSR count). The fourth-order valence-electron chi connectivity index (χ4n) is 2.07. The van der Waals surface area contributed by atoms with Gasteiger partial charge in [0.1, 0.15) is 0 Å². The highest BCUT2D eigenvalue weighted by atomic mass is 15.4. The normalized spacial score (nSPS) is 10.7. The van der Waals surface area contributed by atoms with E-state index < -0.39 is 0 Å². The van der Waals surface area contributed by atoms with Crippen LogP contribution >= 0.6 is 0 Å². The average Bonchev–Trinajstić information content (AvgIpc) is 2.59. The zero-order chi connectivity index (χ0) is 15.6. The van der Waals surface area contributed by atoms with E-state index in [1.165, 1.54) is 0 Å². The van der Waals surface area contributed by atoms with Gasteiger partial charge in [-0.1, -0.05) is 79.4 Å². The molecule has 0 unspecified atom stereocenters. The Bertz CT molecular complexity index is 652. The molecular formula is C18H16N4. The minimum atomic E-state index is 0.619. The largest absolute Gasteiger partial charge is 0.183 e. The number of benzene rings is 2. The van der Waals surface area contributed by atoms with E-state index in [0.29, 0.717) is 5.70 Å². The maximum atomic E-state index is 6.82. The van der Waals surface area contributed by atoms with Crippen molar-refractivity contribution in [1.82, 2.24) is 0 Å². The highest BCUT2D eigenvalue weighted by molar-refractivity contribution is 5.83. The quantitative estimate of drug-likeness (QED) is 0.409. The van der Waals surface area contributed by atoms with E-state index in [9.17, 15) is 0 Å². The maximum absolute atomic E-state index is 6.82. The van der Waals surface area contributed by atoms with Gasteiger partial charge in [-0.15, -0.1) is 5.11 Å². The van der Waals surface area contributed by atoms with Gasteiger partial charge in [0.15, 0.2) is 0 Å². The van der Waals surface area contributed by atoms with Crippen molar-refractivity contribution in [1.29, 1.82) is 5.53 Å². The lowest BCUT2D eigenvalue weighted by molar-refractivity contribution is 0.895. The second-order valence-corrected chi connectivity index (χ2v) is 4.38. The molecule has 0 aliphatic rings. The van der Waals surface area contributed by atoms with E-state index in [1.807, 2.05) is 60.7 Å². The lowest BCUT2D eigenvalue weighted by Crippen LogP contribution is -1.91. The van der Waals surface area contributed by atoms with E-state index in [0.717, 1.165) is 16.7 Å². The van der Waals surface area contributed by atoms with Gasteiger partial charge in [0.25, 0.3) is 0 Å². The molecule has 0 aliphatic heterocycles. The van der Waals surface area contributed by atoms with E-state index in [-0.39, 0.29) is 0 Å². The van der Waals surface area contributed by atoms with Gasteiger partial charge >= 0.3 is 0 Å². The Morgan fingerprint density at radius 2 is 1.45 bits per heavy atom. The van der Waals surface area contributed by atoms with Crippen LogP contribution in [-0.4, -0.2) is 0 Å². The van der Waals surface area contributed by atoms with Crippen molar-refractivity contribution in [2.75, 3.05) is 0 Å². The average molecular weight is 288 g/mol. The number of nitrogens with one attached hydrogen (secondary N) is 1. The first-order valence-corrected chi connectivity index (χ1v) is 6.78. The van der Waals surface area contributed by atoms with E-state index in [1.54, 1.807) is 18.2 Å². The topological polar surface area (TPSA) is 60.9 Å². The molecular weight excluding hydrogens is 272 g/mol. The van der Waals surface area contributed by atoms with Crippen molar-refractivity contribution < 1.29 is 0 Å². The number of nitrogens with zero attached hydrogens (tertiary/aromatic N) is 3. The minimum absolute atomic E-state index is 0.619. The summed E-state index contributed by atoms with van der Waals surface area (Å²) >= 11 is 0. The SMILES string of the molecule is C=CC=CC(N=NN=N)=C(c1ccccc1)c1ccccc1. The molecule has 108 valence electrons. The molecule has 1 N–H and O–H groups in total. The summed E-state index contributed by atoms with van der Waals surface area (Å²) < 4.78 is 0. The summed E-state index contributed by atoms with van der Waals surface area (Å²) in [4.78, 5) is 0. The summed E-state index contributed by atoms with van der Waals surface area (Å²) in [6.45, 7) is 3.68. The Labute approximate surface area is 129 Å². The third-order valence-electron chi connectivity index (χ3n) is 2.97. The van der Waals surface area contributed by atoms with Crippen molar-refractivity contribution in [3.05, 3.63) is 102 Å². The summed E-state index contributed by atoms with van der Waals surface area (Å²) in [5, 5.41) is 10.5. The summed E-state index contributed by atoms with van der Waals surface area (Å²) in [5.74, 6) is 0. The highest BCUT2D eigenvalue weighted by Crippen LogP contribution is 2.28. The van der Waals surface area contributed by atoms with Crippen LogP contribution in [0.4, 0.5) is 0 Å². The zero-order valence-electron chi connectivity index (χ0n) is 12.1. The molecule has 0 heterocycles. The fraction of sp³-hybridized carbons (Fsp3) is 0. The Morgan fingerprint density at radius 3 is 1.91 bits per heavy atom. The van der Waals surface area contributed by atoms with E-state index in [2.05, 4.69) is 22.1 Å². The summed E-state index contributed by atoms with van der Waals surface area (Å²) in [5.41, 5.74) is 10.4. The molecule has 0 fully saturated rings. The molecule has 0 atom stereocenters. The Hall–Kier alpha value is -3.14. The van der Waals surface area contributed by atoms with Crippen molar-refractivity contribution in [2.45, 2.75) is 0 Å². The predicted octanol–water partition coefficient (Wildman–Crippen LogP) is 5.59. The van der Waals surface area contributed by atoms with Crippen LogP contribution < -0.4 is 0 Å². The van der Waals surface area contributed by atoms with Gasteiger partial charge in [0.2, 0.25) is 0 Å². The Morgan fingerprint density at radius 1 is 0.909 bits per heavy atom. The maximum Gasteiger partial charge on any atom is 0.0959 e. The predicted molar refractivity (Wildman–Crippen MR) is 88.2 cm³/mol. The summed E-state index contributed by atoms with van der Waals surface area (Å²) in [7, 11) is 0. The smallest absolute Gasteiger partial charge is 0.0959 e. The molecule has 0 amide bonds. The Balaban J connectivity index is 2.70. The first-order valence-electron chi connectivity index (χ1n) is 6.78. The lowest BCUT2D eigenvalue weighted by Gasteiger charge is -2.10. The van der Waals surface area contributed by atoms with Gasteiger partial charge < -0.3 is 0 Å². The standard InChI is InChI=1S/C18H16N4/c1-2-3-14-17(20-22-21-19)18(15-10-6-4-7-11-15)16-12-8-5-9-13-16/h2-14,19H,1H2. The van der Waals surface area contributed by atoms with Gasteiger partial charge in [-0.3, -0.25) is 0 Å². The van der Waals surface area contributed by atoms with Crippen LogP contribution in [0.1, 0.15) is 11.1 Å². The molecule has 0 aliphatic carbocycles. The third kappa shape index (κ3) is 3.93. The summed E-state index contributed by atoms with van der Waals surface area (Å²) in [6, 6.07) is 19.9. The monoisotopic (exact) mass is 288 g/mol. The van der Waals surface area contributed by atoms with Gasteiger partial charge in [-0.2, -0.15) is 5.53 Å². The van der Waals surface area contributed by atoms with Crippen molar-refractivity contribution in [3.63, 3.8) is 0 Å². The third-order valence-corrected chi connectivity index (χ3v) is 2.97. The molecule has 0 radical (unpaired) electrons. The zero-order valence-corrected chi connectivity index (χ0v) is 12.1. The van der Waals surface area contributed by atoms with Gasteiger partial charge in [0, 0.05) is 5.57 Å². The van der Waals surface area contributed by atoms with Crippen LogP contribution in [0.15, 0.2) is 107 Å². The van der Waals surface area contributed by atoms with Gasteiger partial charge in [-0.05, 0) is 27.6 Å². The number of hydrogen-bond donors (Lipinski definition) is 1. The van der Waals surface area contributed by atoms with Crippen LogP contribution in [-0.2, 0) is 0 Å². The molecule has 4 heteroatoms. The van der Waals surface area contributed by atoms with Crippen molar-refractivity contribution in [3.8, 4) is 0 Å². The van der Waals surface area contributed by atoms with Crippen molar-refractivity contribution in [2.24, 2.45) is 15.6 Å². The lowest BCUT2D eigenvalue weighted by atomic mass is 9.96. The molecule has 0 aromatic heterocycles. The molecule has 2 aromatic carbocycles. The first-order chi connectivity index (χ1) is 10.9. The fourth-order valence-corrected chi connectivity index (χ4v) is 2.07. The Kier molecular flexibility index (Phi) is 5.70. The van der Waals surface area contributed by atoms with E-state index in [4.69, 9.17) is 5.53 Å². The van der Waals surface area contributed by atoms with E-state index >= 15 is 0 Å². The van der Waals surface area contributed by atoms with Crippen LogP contribution in [0.3, 0.4) is 0 Å². The number of hydrogen-bond acceptors (Lipinski definition) is 2. The van der Waals surface area contributed by atoms with Crippen LogP contribution in [0.2, 0.25) is 0 Å². The second-order valence-electron chi connectivity index (χ2n) is 4.38.